The Bertz CT molecular complexity index is 1800. The number of ether oxygens (including phenoxy) is 2. The Morgan fingerprint density at radius 2 is 2.00 bits per heavy atom. The number of nitro benzene ring substituents is 1. The first kappa shape index (κ1) is 25.8. The second-order valence-corrected chi connectivity index (χ2v) is 9.46. The number of nitrogens with zero attached hydrogens (tertiary/aromatic N) is 3. The minimum absolute atomic E-state index is 0.199. The van der Waals surface area contributed by atoms with Gasteiger partial charge in [0.15, 0.2) is 10.6 Å². The summed E-state index contributed by atoms with van der Waals surface area (Å²) in [6.45, 7) is 1.50. The Balaban J connectivity index is 1.49. The van der Waals surface area contributed by atoms with Gasteiger partial charge in [-0.15, -0.1) is 0 Å². The normalized spacial score (nSPS) is 15.1. The Morgan fingerprint density at radius 1 is 1.23 bits per heavy atom. The van der Waals surface area contributed by atoms with Gasteiger partial charge in [0, 0.05) is 18.2 Å². The fourth-order valence-electron chi connectivity index (χ4n) is 4.23. The van der Waals surface area contributed by atoms with Gasteiger partial charge >= 0.3 is 11.7 Å². The van der Waals surface area contributed by atoms with Gasteiger partial charge in [0.2, 0.25) is 0 Å². The molecule has 0 saturated heterocycles. The molecule has 5 rings (SSSR count). The molecule has 0 aliphatic carbocycles. The number of thiazole rings is 1. The molecule has 0 radical (unpaired) electrons. The SMILES string of the molecule is COC(=O)C1=C(C)N=c2s/c(=C/c3ccc(COc4cc(F)ccc4[N+](=O)[O-])o3)c(=O)n2[C@H]1c1ccccc1. The molecule has 3 heterocycles. The molecule has 1 atom stereocenters. The molecule has 0 bridgehead atoms. The van der Waals surface area contributed by atoms with Crippen molar-refractivity contribution in [1.29, 1.82) is 0 Å². The number of allylic oxidation sites excluding steroid dienone is 1. The van der Waals surface area contributed by atoms with Gasteiger partial charge in [0.1, 0.15) is 23.9 Å². The predicted octanol–water partition coefficient (Wildman–Crippen LogP) is 3.63. The maximum absolute atomic E-state index is 13.6. The summed E-state index contributed by atoms with van der Waals surface area (Å²) in [5, 5.41) is 11.2. The van der Waals surface area contributed by atoms with E-state index in [1.54, 1.807) is 19.1 Å². The summed E-state index contributed by atoms with van der Waals surface area (Å²) >= 11 is 1.14. The Hall–Kier alpha value is -4.84. The van der Waals surface area contributed by atoms with E-state index < -0.39 is 22.8 Å². The van der Waals surface area contributed by atoms with Crippen molar-refractivity contribution in [3.05, 3.63) is 125 Å². The smallest absolute Gasteiger partial charge is 0.338 e. The molecule has 12 heteroatoms. The predicted molar refractivity (Wildman–Crippen MR) is 138 cm³/mol. The Morgan fingerprint density at radius 3 is 2.72 bits per heavy atom. The molecule has 0 spiro atoms. The van der Waals surface area contributed by atoms with Gasteiger partial charge in [-0.3, -0.25) is 19.5 Å². The fraction of sp³-hybridized carbons (Fsp3) is 0.148. The summed E-state index contributed by atoms with van der Waals surface area (Å²) in [5.74, 6) is -0.852. The molecule has 0 N–H and O–H groups in total. The van der Waals surface area contributed by atoms with Gasteiger partial charge < -0.3 is 13.9 Å². The van der Waals surface area contributed by atoms with E-state index in [1.165, 1.54) is 17.8 Å². The minimum Gasteiger partial charge on any atom is -0.479 e. The molecule has 0 saturated carbocycles. The van der Waals surface area contributed by atoms with E-state index in [1.807, 2.05) is 30.3 Å². The summed E-state index contributed by atoms with van der Waals surface area (Å²) in [6, 6.07) is 14.5. The highest BCUT2D eigenvalue weighted by atomic mass is 32.1. The van der Waals surface area contributed by atoms with Crippen LogP contribution in [0.15, 0.2) is 86.1 Å². The quantitative estimate of drug-likeness (QED) is 0.196. The topological polar surface area (TPSA) is 126 Å². The third-order valence-electron chi connectivity index (χ3n) is 5.99. The number of fused-ring (bicyclic) bond motifs is 1. The molecule has 10 nitrogen and oxygen atoms in total. The summed E-state index contributed by atoms with van der Waals surface area (Å²) < 4.78 is 31.5. The lowest BCUT2D eigenvalue weighted by Gasteiger charge is -2.24. The maximum Gasteiger partial charge on any atom is 0.338 e. The first-order valence-corrected chi connectivity index (χ1v) is 12.4. The highest BCUT2D eigenvalue weighted by Gasteiger charge is 2.33. The summed E-state index contributed by atoms with van der Waals surface area (Å²) in [5.41, 5.74) is 0.701. The van der Waals surface area contributed by atoms with Crippen LogP contribution in [-0.2, 0) is 16.1 Å². The molecule has 1 aliphatic rings. The van der Waals surface area contributed by atoms with Crippen LogP contribution in [0.1, 0.15) is 30.0 Å². The Labute approximate surface area is 223 Å². The van der Waals surface area contributed by atoms with Crippen molar-refractivity contribution in [2.45, 2.75) is 19.6 Å². The zero-order valence-electron chi connectivity index (χ0n) is 20.6. The second-order valence-electron chi connectivity index (χ2n) is 8.45. The molecule has 1 aliphatic heterocycles. The van der Waals surface area contributed by atoms with Gasteiger partial charge in [-0.1, -0.05) is 41.7 Å². The standard InChI is InChI=1S/C27H20FN3O7S/c1-15-23(26(33)36-2)24(16-6-4-3-5-7-16)30-25(32)22(39-27(30)29-15)13-18-9-10-19(38-18)14-37-21-12-17(28)8-11-20(21)31(34)35/h3-13,24H,14H2,1-2H3/b22-13+/t24-/m0/s1. The average Bonchev–Trinajstić information content (AvgIpc) is 3.50. The second kappa shape index (κ2) is 10.5. The summed E-state index contributed by atoms with van der Waals surface area (Å²) in [7, 11) is 1.28. The lowest BCUT2D eigenvalue weighted by Crippen LogP contribution is -2.39. The Kier molecular flexibility index (Phi) is 6.94. The fourth-order valence-corrected chi connectivity index (χ4v) is 5.25. The zero-order valence-corrected chi connectivity index (χ0v) is 21.4. The first-order valence-electron chi connectivity index (χ1n) is 11.6. The summed E-state index contributed by atoms with van der Waals surface area (Å²) in [6.07, 6.45) is 1.54. The maximum atomic E-state index is 13.6. The number of hydrogen-bond donors (Lipinski definition) is 0. The number of carbonyl (C=O) groups is 1. The van der Waals surface area contributed by atoms with E-state index in [-0.39, 0.29) is 29.2 Å². The van der Waals surface area contributed by atoms with Crippen LogP contribution >= 0.6 is 11.3 Å². The number of benzene rings is 2. The number of aromatic nitrogens is 1. The van der Waals surface area contributed by atoms with Gasteiger partial charge in [0.05, 0.1) is 33.9 Å². The lowest BCUT2D eigenvalue weighted by atomic mass is 9.96. The molecule has 2 aromatic heterocycles. The molecule has 0 fully saturated rings. The third-order valence-corrected chi connectivity index (χ3v) is 6.97. The van der Waals surface area contributed by atoms with E-state index in [9.17, 15) is 24.1 Å². The van der Waals surface area contributed by atoms with Crippen molar-refractivity contribution in [1.82, 2.24) is 4.57 Å². The van der Waals surface area contributed by atoms with Crippen LogP contribution in [0.5, 0.6) is 5.75 Å². The van der Waals surface area contributed by atoms with Crippen molar-refractivity contribution >= 4 is 29.1 Å². The van der Waals surface area contributed by atoms with E-state index in [0.29, 0.717) is 26.6 Å². The van der Waals surface area contributed by atoms with E-state index >= 15 is 0 Å². The average molecular weight is 550 g/mol. The number of carbonyl (C=O) groups excluding carboxylic acids is 1. The molecule has 0 unspecified atom stereocenters. The number of furan rings is 1. The largest absolute Gasteiger partial charge is 0.479 e. The third kappa shape index (κ3) is 5.01. The monoisotopic (exact) mass is 549 g/mol. The minimum atomic E-state index is -0.723. The van der Waals surface area contributed by atoms with E-state index in [4.69, 9.17) is 13.9 Å². The van der Waals surface area contributed by atoms with Crippen molar-refractivity contribution in [2.75, 3.05) is 7.11 Å². The van der Waals surface area contributed by atoms with Crippen molar-refractivity contribution < 1.29 is 28.0 Å². The van der Waals surface area contributed by atoms with Crippen LogP contribution in [-0.4, -0.2) is 22.6 Å². The number of rotatable bonds is 7. The van der Waals surface area contributed by atoms with Gasteiger partial charge in [0.25, 0.3) is 5.56 Å². The highest BCUT2D eigenvalue weighted by molar-refractivity contribution is 7.07. The summed E-state index contributed by atoms with van der Waals surface area (Å²) in [4.78, 5) is 41.7. The van der Waals surface area contributed by atoms with Crippen LogP contribution in [0, 0.1) is 15.9 Å². The van der Waals surface area contributed by atoms with Crippen LogP contribution in [0.3, 0.4) is 0 Å². The zero-order chi connectivity index (χ0) is 27.7. The number of halogens is 1. The molecule has 2 aromatic carbocycles. The molecular weight excluding hydrogens is 529 g/mol. The lowest BCUT2D eigenvalue weighted by molar-refractivity contribution is -0.386. The molecular formula is C27H20FN3O7S. The van der Waals surface area contributed by atoms with Crippen molar-refractivity contribution in [3.8, 4) is 5.75 Å². The van der Waals surface area contributed by atoms with Gasteiger partial charge in [-0.05, 0) is 30.7 Å². The van der Waals surface area contributed by atoms with E-state index in [0.717, 1.165) is 35.1 Å². The van der Waals surface area contributed by atoms with Crippen molar-refractivity contribution in [3.63, 3.8) is 0 Å². The van der Waals surface area contributed by atoms with Gasteiger partial charge in [-0.25, -0.2) is 14.2 Å². The van der Waals surface area contributed by atoms with Crippen LogP contribution < -0.4 is 19.6 Å². The highest BCUT2D eigenvalue weighted by Crippen LogP contribution is 2.31. The molecule has 39 heavy (non-hydrogen) atoms. The molecule has 198 valence electrons. The van der Waals surface area contributed by atoms with Crippen LogP contribution in [0.25, 0.3) is 6.08 Å². The molecule has 4 aromatic rings. The first-order chi connectivity index (χ1) is 18.8. The number of nitro groups is 1. The number of esters is 1. The van der Waals surface area contributed by atoms with Crippen LogP contribution in [0.2, 0.25) is 0 Å². The van der Waals surface area contributed by atoms with E-state index in [2.05, 4.69) is 4.99 Å². The number of methoxy groups -OCH3 is 1. The van der Waals surface area contributed by atoms with Gasteiger partial charge in [-0.2, -0.15) is 0 Å². The van der Waals surface area contributed by atoms with Crippen molar-refractivity contribution in [2.24, 2.45) is 4.99 Å². The van der Waals surface area contributed by atoms with Crippen LogP contribution in [0.4, 0.5) is 10.1 Å². The number of hydrogen-bond acceptors (Lipinski definition) is 9. The molecule has 0 amide bonds.